The molecule has 1 amide bonds. The van der Waals surface area contributed by atoms with E-state index in [1.165, 1.54) is 0 Å². The summed E-state index contributed by atoms with van der Waals surface area (Å²) >= 11 is 0. The summed E-state index contributed by atoms with van der Waals surface area (Å²) in [5, 5.41) is 5.85. The minimum atomic E-state index is 0.0348. The molecule has 0 aliphatic heterocycles. The number of carbonyl (C=O) groups excluding carboxylic acids is 1. The summed E-state index contributed by atoms with van der Waals surface area (Å²) in [6.45, 7) is 3.36. The van der Waals surface area contributed by atoms with Gasteiger partial charge in [0, 0.05) is 25.4 Å². The van der Waals surface area contributed by atoms with Crippen LogP contribution < -0.4 is 10.6 Å². The van der Waals surface area contributed by atoms with E-state index < -0.39 is 0 Å². The highest BCUT2D eigenvalue weighted by atomic mass is 16.1. The van der Waals surface area contributed by atoms with Gasteiger partial charge in [-0.2, -0.15) is 0 Å². The maximum atomic E-state index is 11.4. The van der Waals surface area contributed by atoms with Crippen molar-refractivity contribution < 1.29 is 4.79 Å². The lowest BCUT2D eigenvalue weighted by Crippen LogP contribution is -2.34. The van der Waals surface area contributed by atoms with Crippen molar-refractivity contribution in [3.63, 3.8) is 0 Å². The van der Waals surface area contributed by atoms with Gasteiger partial charge in [-0.25, -0.2) is 0 Å². The molecule has 0 saturated carbocycles. The van der Waals surface area contributed by atoms with Crippen LogP contribution in [-0.2, 0) is 4.79 Å². The molecule has 1 atom stereocenters. The molecule has 3 heteroatoms. The number of carbonyl (C=O) groups is 1. The minimum absolute atomic E-state index is 0.0348. The first-order chi connectivity index (χ1) is 6.72. The average molecular weight is 196 g/mol. The lowest BCUT2D eigenvalue weighted by atomic mass is 10.1. The Morgan fingerprint density at radius 1 is 1.50 bits per heavy atom. The molecule has 0 radical (unpaired) electrons. The second-order valence-corrected chi connectivity index (χ2v) is 3.41. The van der Waals surface area contributed by atoms with Gasteiger partial charge in [-0.1, -0.05) is 6.92 Å². The third kappa shape index (κ3) is 6.50. The molecule has 0 bridgehead atoms. The van der Waals surface area contributed by atoms with Crippen LogP contribution in [0.4, 0.5) is 0 Å². The number of amides is 1. The lowest BCUT2D eigenvalue weighted by molar-refractivity contribution is -0.124. The van der Waals surface area contributed by atoms with Crippen LogP contribution >= 0.6 is 0 Å². The summed E-state index contributed by atoms with van der Waals surface area (Å²) in [5.74, 6) is 2.72. The van der Waals surface area contributed by atoms with Crippen molar-refractivity contribution in [2.45, 2.75) is 26.2 Å². The molecule has 0 aliphatic rings. The highest BCUT2D eigenvalue weighted by Gasteiger charge is 2.09. The summed E-state index contributed by atoms with van der Waals surface area (Å²) in [7, 11) is 1.84. The number of terminal acetylenes is 1. The number of unbranched alkanes of at least 4 members (excludes halogenated alkanes) is 2. The van der Waals surface area contributed by atoms with Crippen LogP contribution in [0.3, 0.4) is 0 Å². The first-order valence-corrected chi connectivity index (χ1v) is 5.08. The van der Waals surface area contributed by atoms with E-state index in [0.717, 1.165) is 32.4 Å². The molecule has 0 aromatic rings. The van der Waals surface area contributed by atoms with Crippen molar-refractivity contribution in [3.05, 3.63) is 0 Å². The predicted molar refractivity (Wildman–Crippen MR) is 58.8 cm³/mol. The number of rotatable bonds is 7. The van der Waals surface area contributed by atoms with Crippen molar-refractivity contribution in [3.8, 4) is 12.3 Å². The maximum Gasteiger partial charge on any atom is 0.224 e. The largest absolute Gasteiger partial charge is 0.356 e. The van der Waals surface area contributed by atoms with Gasteiger partial charge in [-0.15, -0.1) is 12.3 Å². The van der Waals surface area contributed by atoms with Crippen molar-refractivity contribution >= 4 is 5.91 Å². The van der Waals surface area contributed by atoms with E-state index >= 15 is 0 Å². The minimum Gasteiger partial charge on any atom is -0.356 e. The van der Waals surface area contributed by atoms with Crippen LogP contribution in [0.15, 0.2) is 0 Å². The summed E-state index contributed by atoms with van der Waals surface area (Å²) in [6, 6.07) is 0. The van der Waals surface area contributed by atoms with Crippen molar-refractivity contribution in [2.75, 3.05) is 20.1 Å². The third-order valence-electron chi connectivity index (χ3n) is 2.01. The fourth-order valence-electron chi connectivity index (χ4n) is 1.14. The highest BCUT2D eigenvalue weighted by Crippen LogP contribution is 1.94. The number of nitrogens with one attached hydrogen (secondary N) is 2. The topological polar surface area (TPSA) is 41.1 Å². The van der Waals surface area contributed by atoms with E-state index in [1.807, 2.05) is 14.0 Å². The molecular formula is C11H20N2O. The molecule has 0 rings (SSSR count). The summed E-state index contributed by atoms with van der Waals surface area (Å²) < 4.78 is 0. The SMILES string of the molecule is C#CCCCCNC(=O)C(C)CNC. The summed E-state index contributed by atoms with van der Waals surface area (Å²) in [5.41, 5.74) is 0. The smallest absolute Gasteiger partial charge is 0.224 e. The molecule has 0 fully saturated rings. The molecule has 80 valence electrons. The fourth-order valence-corrected chi connectivity index (χ4v) is 1.14. The predicted octanol–water partition coefficient (Wildman–Crippen LogP) is 0.762. The van der Waals surface area contributed by atoms with Gasteiger partial charge in [0.05, 0.1) is 0 Å². The van der Waals surface area contributed by atoms with E-state index in [-0.39, 0.29) is 11.8 Å². The average Bonchev–Trinajstić information content (AvgIpc) is 2.17. The normalized spacial score (nSPS) is 11.8. The van der Waals surface area contributed by atoms with Crippen molar-refractivity contribution in [2.24, 2.45) is 5.92 Å². The van der Waals surface area contributed by atoms with Crippen LogP contribution in [-0.4, -0.2) is 26.0 Å². The molecule has 0 saturated heterocycles. The van der Waals surface area contributed by atoms with Gasteiger partial charge < -0.3 is 10.6 Å². The second kappa shape index (κ2) is 8.58. The summed E-state index contributed by atoms with van der Waals surface area (Å²) in [4.78, 5) is 11.4. The maximum absolute atomic E-state index is 11.4. The van der Waals surface area contributed by atoms with Crippen molar-refractivity contribution in [1.82, 2.24) is 10.6 Å². The zero-order valence-electron chi connectivity index (χ0n) is 9.10. The number of hydrogen-bond donors (Lipinski definition) is 2. The van der Waals surface area contributed by atoms with Gasteiger partial charge in [-0.05, 0) is 19.9 Å². The van der Waals surface area contributed by atoms with Crippen LogP contribution in [0.5, 0.6) is 0 Å². The van der Waals surface area contributed by atoms with Gasteiger partial charge in [0.25, 0.3) is 0 Å². The first-order valence-electron chi connectivity index (χ1n) is 5.08. The molecule has 0 spiro atoms. The molecular weight excluding hydrogens is 176 g/mol. The van der Waals surface area contributed by atoms with Crippen LogP contribution in [0, 0.1) is 18.3 Å². The fraction of sp³-hybridized carbons (Fsp3) is 0.727. The lowest BCUT2D eigenvalue weighted by Gasteiger charge is -2.10. The highest BCUT2D eigenvalue weighted by molar-refractivity contribution is 5.78. The third-order valence-corrected chi connectivity index (χ3v) is 2.01. The molecule has 0 aromatic heterocycles. The first kappa shape index (κ1) is 13.0. The Morgan fingerprint density at radius 3 is 2.79 bits per heavy atom. The van der Waals surface area contributed by atoms with Gasteiger partial charge in [-0.3, -0.25) is 4.79 Å². The van der Waals surface area contributed by atoms with E-state index in [2.05, 4.69) is 16.6 Å². The molecule has 14 heavy (non-hydrogen) atoms. The van der Waals surface area contributed by atoms with Crippen LogP contribution in [0.25, 0.3) is 0 Å². The van der Waals surface area contributed by atoms with Gasteiger partial charge in [0.1, 0.15) is 0 Å². The zero-order valence-corrected chi connectivity index (χ0v) is 9.10. The Hall–Kier alpha value is -1.01. The van der Waals surface area contributed by atoms with Gasteiger partial charge in [0.15, 0.2) is 0 Å². The molecule has 0 aliphatic carbocycles. The van der Waals surface area contributed by atoms with E-state index in [0.29, 0.717) is 0 Å². The van der Waals surface area contributed by atoms with Crippen LogP contribution in [0.2, 0.25) is 0 Å². The molecule has 1 unspecified atom stereocenters. The Bertz CT molecular complexity index is 196. The van der Waals surface area contributed by atoms with E-state index in [9.17, 15) is 4.79 Å². The Morgan fingerprint density at radius 2 is 2.21 bits per heavy atom. The summed E-state index contributed by atoms with van der Waals surface area (Å²) in [6.07, 6.45) is 7.85. The van der Waals surface area contributed by atoms with E-state index in [4.69, 9.17) is 6.42 Å². The Balaban J connectivity index is 3.40. The Kier molecular flexibility index (Phi) is 7.96. The van der Waals surface area contributed by atoms with Crippen LogP contribution in [0.1, 0.15) is 26.2 Å². The number of hydrogen-bond acceptors (Lipinski definition) is 2. The molecule has 2 N–H and O–H groups in total. The zero-order chi connectivity index (χ0) is 10.8. The Labute approximate surface area is 86.6 Å². The van der Waals surface area contributed by atoms with Crippen molar-refractivity contribution in [1.29, 1.82) is 0 Å². The quantitative estimate of drug-likeness (QED) is 0.466. The van der Waals surface area contributed by atoms with Gasteiger partial charge in [0.2, 0.25) is 5.91 Å². The molecule has 3 nitrogen and oxygen atoms in total. The second-order valence-electron chi connectivity index (χ2n) is 3.41. The monoisotopic (exact) mass is 196 g/mol. The van der Waals surface area contributed by atoms with E-state index in [1.54, 1.807) is 0 Å². The molecule has 0 aromatic carbocycles. The standard InChI is InChI=1S/C11H20N2O/c1-4-5-6-7-8-13-11(14)10(2)9-12-3/h1,10,12H,5-9H2,2-3H3,(H,13,14). The van der Waals surface area contributed by atoms with Gasteiger partial charge >= 0.3 is 0 Å². The molecule has 0 heterocycles.